The predicted octanol–water partition coefficient (Wildman–Crippen LogP) is 3.91. The summed E-state index contributed by atoms with van der Waals surface area (Å²) in [7, 11) is 6.61. The van der Waals surface area contributed by atoms with Crippen LogP contribution in [0.25, 0.3) is 0 Å². The molecule has 390 valence electrons. The van der Waals surface area contributed by atoms with E-state index in [4.69, 9.17) is 0 Å². The second-order valence-electron chi connectivity index (χ2n) is 22.4. The number of fused-ring (bicyclic) bond motifs is 2. The summed E-state index contributed by atoms with van der Waals surface area (Å²) in [6.07, 6.45) is 3.27. The highest BCUT2D eigenvalue weighted by Crippen LogP contribution is 2.38. The van der Waals surface area contributed by atoms with Gasteiger partial charge in [0.25, 0.3) is 0 Å². The smallest absolute Gasteiger partial charge is 0.246 e. The van der Waals surface area contributed by atoms with E-state index in [0.29, 0.717) is 6.42 Å². The molecule has 3 aromatic carbocycles. The van der Waals surface area contributed by atoms with Gasteiger partial charge in [-0.15, -0.1) is 0 Å². The van der Waals surface area contributed by atoms with Crippen molar-refractivity contribution in [2.45, 2.75) is 155 Å². The Labute approximate surface area is 426 Å². The van der Waals surface area contributed by atoms with E-state index in [9.17, 15) is 28.8 Å². The molecule has 2 heterocycles. The summed E-state index contributed by atoms with van der Waals surface area (Å²) in [6, 6.07) is 17.3. The summed E-state index contributed by atoms with van der Waals surface area (Å²) in [5.74, 6) is -2.88. The number of nitrogens with one attached hydrogen (secondary N) is 6. The van der Waals surface area contributed by atoms with Gasteiger partial charge >= 0.3 is 0 Å². The van der Waals surface area contributed by atoms with E-state index in [-0.39, 0.29) is 67.4 Å². The summed E-state index contributed by atoms with van der Waals surface area (Å²) < 4.78 is 0. The lowest BCUT2D eigenvalue weighted by Gasteiger charge is -2.41. The van der Waals surface area contributed by atoms with Crippen molar-refractivity contribution >= 4 is 41.4 Å². The van der Waals surface area contributed by atoms with Crippen LogP contribution >= 0.6 is 0 Å². The maximum Gasteiger partial charge on any atom is 0.246 e. The molecule has 0 bridgehead atoms. The van der Waals surface area contributed by atoms with E-state index >= 15 is 4.79 Å². The molecule has 0 spiro atoms. The van der Waals surface area contributed by atoms with Gasteiger partial charge in [0.05, 0.1) is 18.1 Å². The van der Waals surface area contributed by atoms with Gasteiger partial charge in [-0.1, -0.05) is 114 Å². The van der Waals surface area contributed by atoms with Crippen molar-refractivity contribution in [2.24, 2.45) is 10.8 Å². The van der Waals surface area contributed by atoms with Crippen LogP contribution in [0.2, 0.25) is 0 Å². The zero-order chi connectivity index (χ0) is 52.8. The minimum atomic E-state index is -1.04. The zero-order valence-corrected chi connectivity index (χ0v) is 44.5. The van der Waals surface area contributed by atoms with Gasteiger partial charge in [-0.25, -0.2) is 0 Å². The fraction of sp³-hybridized carbons (Fsp3) is 0.554. The average Bonchev–Trinajstić information content (AvgIpc) is 3.81. The number of benzene rings is 3. The van der Waals surface area contributed by atoms with Gasteiger partial charge in [-0.3, -0.25) is 33.6 Å². The highest BCUT2D eigenvalue weighted by atomic mass is 16.2. The summed E-state index contributed by atoms with van der Waals surface area (Å²) in [5, 5.41) is 18.2. The molecule has 3 aromatic rings. The summed E-state index contributed by atoms with van der Waals surface area (Å²) >= 11 is 0. The van der Waals surface area contributed by atoms with E-state index in [1.54, 1.807) is 46.9 Å². The fourth-order valence-corrected chi connectivity index (χ4v) is 10.1. The lowest BCUT2D eigenvalue weighted by atomic mass is 9.83. The highest BCUT2D eigenvalue weighted by Gasteiger charge is 2.47. The lowest BCUT2D eigenvalue weighted by Crippen LogP contribution is -2.63. The van der Waals surface area contributed by atoms with Crippen molar-refractivity contribution in [3.05, 3.63) is 106 Å². The van der Waals surface area contributed by atoms with Crippen LogP contribution < -0.4 is 31.9 Å². The largest absolute Gasteiger partial charge is 0.347 e. The second-order valence-corrected chi connectivity index (χ2v) is 22.4. The van der Waals surface area contributed by atoms with E-state index in [1.807, 2.05) is 102 Å². The standard InChI is InChI=1S/C56H79N9O7/c1-33(57-9)48(66)61-46(55(3,4)5)53(71)64-31-39-28-37(25-26-38(39)29-44(64)51(69)60-43(52(70)63(11)12)27-35-19-14-13-15-20-35)40-30-45(50(68)59-42-24-18-22-36-21-16-17-23-41(36)42)65(32-40)54(72)47(56(6,7)8)62-49(67)34(2)58-10/h13-17,19-21,23,25-26,28,33-34,40,42-47,57-58H,18,22,24,27,29-32H2,1-12H3,(H,59,68)(H,60,69)(H,61,66)(H,62,67)/t33-,34-,40?,42+,43?,44?,45-,46?,47?/m0/s1. The first kappa shape index (κ1) is 55.2. The fourth-order valence-electron chi connectivity index (χ4n) is 10.1. The van der Waals surface area contributed by atoms with E-state index in [2.05, 4.69) is 44.0 Å². The molecular weight excluding hydrogens is 911 g/mol. The number of amides is 7. The molecule has 9 atom stereocenters. The predicted molar refractivity (Wildman–Crippen MR) is 278 cm³/mol. The van der Waals surface area contributed by atoms with E-state index in [1.165, 1.54) is 15.4 Å². The Morgan fingerprint density at radius 1 is 0.681 bits per heavy atom. The number of hydrogen-bond donors (Lipinski definition) is 6. The second kappa shape index (κ2) is 23.2. The molecular formula is C56H79N9O7. The van der Waals surface area contributed by atoms with Crippen LogP contribution in [0.15, 0.2) is 72.8 Å². The molecule has 1 saturated heterocycles. The number of carbonyl (C=O) groups is 7. The number of carbonyl (C=O) groups excluding carboxylic acids is 7. The first-order chi connectivity index (χ1) is 33.9. The Hall–Kier alpha value is -6.13. The third-order valence-corrected chi connectivity index (χ3v) is 14.8. The van der Waals surface area contributed by atoms with Crippen LogP contribution in [-0.4, -0.2) is 133 Å². The third kappa shape index (κ3) is 12.9. The molecule has 0 saturated carbocycles. The van der Waals surface area contributed by atoms with Gasteiger partial charge in [0.2, 0.25) is 41.4 Å². The van der Waals surface area contributed by atoms with Crippen molar-refractivity contribution in [3.63, 3.8) is 0 Å². The number of nitrogens with zero attached hydrogens (tertiary/aromatic N) is 3. The minimum Gasteiger partial charge on any atom is -0.347 e. The monoisotopic (exact) mass is 990 g/mol. The Morgan fingerprint density at radius 2 is 1.26 bits per heavy atom. The minimum absolute atomic E-state index is 0.0112. The molecule has 6 N–H and O–H groups in total. The van der Waals surface area contributed by atoms with Crippen molar-refractivity contribution in [1.29, 1.82) is 0 Å². The molecule has 5 unspecified atom stereocenters. The van der Waals surface area contributed by atoms with Crippen LogP contribution in [0.5, 0.6) is 0 Å². The topological polar surface area (TPSA) is 201 Å². The maximum atomic E-state index is 15.1. The van der Waals surface area contributed by atoms with Crippen LogP contribution in [0.1, 0.15) is 120 Å². The maximum absolute atomic E-state index is 15.1. The number of rotatable bonds is 16. The van der Waals surface area contributed by atoms with Gasteiger partial charge in [0.15, 0.2) is 0 Å². The van der Waals surface area contributed by atoms with Gasteiger partial charge < -0.3 is 46.6 Å². The van der Waals surface area contributed by atoms with E-state index in [0.717, 1.165) is 47.1 Å². The first-order valence-corrected chi connectivity index (χ1v) is 25.5. The molecule has 16 heteroatoms. The van der Waals surface area contributed by atoms with Crippen LogP contribution in [0.3, 0.4) is 0 Å². The van der Waals surface area contributed by atoms with Crippen molar-refractivity contribution in [3.8, 4) is 0 Å². The zero-order valence-electron chi connectivity index (χ0n) is 44.5. The third-order valence-electron chi connectivity index (χ3n) is 14.8. The normalized spacial score (nSPS) is 20.9. The Morgan fingerprint density at radius 3 is 1.85 bits per heavy atom. The molecule has 72 heavy (non-hydrogen) atoms. The number of hydrogen-bond acceptors (Lipinski definition) is 9. The highest BCUT2D eigenvalue weighted by molar-refractivity contribution is 5.96. The van der Waals surface area contributed by atoms with Gasteiger partial charge in [0.1, 0.15) is 30.2 Å². The summed E-state index contributed by atoms with van der Waals surface area (Å²) in [4.78, 5) is 105. The summed E-state index contributed by atoms with van der Waals surface area (Å²) in [5.41, 5.74) is 4.10. The molecule has 1 fully saturated rings. The Bertz CT molecular complexity index is 2470. The molecule has 6 rings (SSSR count). The van der Waals surface area contributed by atoms with Gasteiger partial charge in [-0.05, 0) is 97.8 Å². The van der Waals surface area contributed by atoms with Crippen LogP contribution in [0, 0.1) is 10.8 Å². The number of likely N-dealkylation sites (N-methyl/N-ethyl adjacent to an activating group) is 3. The van der Waals surface area contributed by atoms with Gasteiger partial charge in [-0.2, -0.15) is 0 Å². The van der Waals surface area contributed by atoms with E-state index < -0.39 is 64.9 Å². The van der Waals surface area contributed by atoms with Gasteiger partial charge in [0, 0.05) is 45.9 Å². The van der Waals surface area contributed by atoms with Crippen molar-refractivity contribution in [1.82, 2.24) is 46.6 Å². The summed E-state index contributed by atoms with van der Waals surface area (Å²) in [6.45, 7) is 14.9. The number of aryl methyl sites for hydroxylation is 1. The van der Waals surface area contributed by atoms with Crippen molar-refractivity contribution < 1.29 is 33.6 Å². The molecule has 0 aromatic heterocycles. The molecule has 0 radical (unpaired) electrons. The Kier molecular flexibility index (Phi) is 17.8. The van der Waals surface area contributed by atoms with Crippen LogP contribution in [-0.2, 0) is 59.4 Å². The molecule has 7 amide bonds. The van der Waals surface area contributed by atoms with Crippen molar-refractivity contribution in [2.75, 3.05) is 34.7 Å². The molecule has 2 aliphatic heterocycles. The first-order valence-electron chi connectivity index (χ1n) is 25.5. The quantitative estimate of drug-likeness (QED) is 0.123. The Balaban J connectivity index is 1.37. The average molecular weight is 990 g/mol. The molecule has 16 nitrogen and oxygen atoms in total. The SMILES string of the molecule is CN[C@@H](C)C(=O)NC(C(=O)N1Cc2cc(C3C[C@@H](C(=O)N[C@@H]4CCCc5ccccc54)N(C(=O)C(NC(=O)[C@H](C)NC)C(C)(C)C)C3)ccc2CC1C(=O)NC(Cc1ccccc1)C(=O)N(C)C)C(C)(C)C. The lowest BCUT2D eigenvalue weighted by molar-refractivity contribution is -0.148. The molecule has 1 aliphatic carbocycles. The molecule has 3 aliphatic rings. The van der Waals surface area contributed by atoms with Crippen LogP contribution in [0.4, 0.5) is 0 Å². The number of likely N-dealkylation sites (tertiary alicyclic amines) is 1.